The standard InChI is InChI=1S/C25H27FN6/c1-30(17-18-6-5-7-19(26)16-18)20-11-14-32(15-12-20)25-22-9-4-3-8-21(22)24(28-29-25)23-10-13-27-31(23)2/h3-10,13,16,20H,11-12,14-15,17H2,1-2H3. The van der Waals surface area contributed by atoms with Crippen molar-refractivity contribution < 1.29 is 4.39 Å². The lowest BCUT2D eigenvalue weighted by Crippen LogP contribution is -2.43. The van der Waals surface area contributed by atoms with E-state index in [2.05, 4.69) is 50.3 Å². The molecule has 1 saturated heterocycles. The predicted octanol–water partition coefficient (Wildman–Crippen LogP) is 4.27. The van der Waals surface area contributed by atoms with E-state index >= 15 is 0 Å². The molecule has 0 bridgehead atoms. The molecule has 32 heavy (non-hydrogen) atoms. The third kappa shape index (κ3) is 3.96. The zero-order valence-corrected chi connectivity index (χ0v) is 18.4. The zero-order chi connectivity index (χ0) is 22.1. The zero-order valence-electron chi connectivity index (χ0n) is 18.4. The number of nitrogens with zero attached hydrogens (tertiary/aromatic N) is 6. The number of piperidine rings is 1. The number of rotatable bonds is 5. The van der Waals surface area contributed by atoms with E-state index in [1.807, 2.05) is 29.9 Å². The normalized spacial score (nSPS) is 15.1. The van der Waals surface area contributed by atoms with Crippen LogP contribution in [0.3, 0.4) is 0 Å². The lowest BCUT2D eigenvalue weighted by atomic mass is 10.0. The molecule has 2 aromatic heterocycles. The Labute approximate surface area is 187 Å². The van der Waals surface area contributed by atoms with Gasteiger partial charge in [-0.05, 0) is 43.7 Å². The Hall–Kier alpha value is -3.32. The van der Waals surface area contributed by atoms with Crippen LogP contribution in [0.5, 0.6) is 0 Å². The highest BCUT2D eigenvalue weighted by atomic mass is 19.1. The fraction of sp³-hybridized carbons (Fsp3) is 0.320. The summed E-state index contributed by atoms with van der Waals surface area (Å²) in [6.07, 6.45) is 3.85. The maximum atomic E-state index is 13.5. The molecule has 1 aliphatic rings. The number of hydrogen-bond acceptors (Lipinski definition) is 5. The monoisotopic (exact) mass is 430 g/mol. The fourth-order valence-corrected chi connectivity index (χ4v) is 4.69. The Bertz CT molecular complexity index is 1230. The Morgan fingerprint density at radius 1 is 1.00 bits per heavy atom. The van der Waals surface area contributed by atoms with Crippen LogP contribution in [0.4, 0.5) is 10.2 Å². The summed E-state index contributed by atoms with van der Waals surface area (Å²) in [5.41, 5.74) is 2.82. The van der Waals surface area contributed by atoms with Crippen molar-refractivity contribution in [3.8, 4) is 11.4 Å². The summed E-state index contributed by atoms with van der Waals surface area (Å²) in [7, 11) is 4.05. The molecule has 4 aromatic rings. The molecule has 5 rings (SSSR count). The molecule has 0 spiro atoms. The van der Waals surface area contributed by atoms with Gasteiger partial charge in [0.05, 0.1) is 5.69 Å². The maximum Gasteiger partial charge on any atom is 0.159 e. The van der Waals surface area contributed by atoms with E-state index in [4.69, 9.17) is 0 Å². The van der Waals surface area contributed by atoms with E-state index in [1.165, 1.54) is 6.07 Å². The van der Waals surface area contributed by atoms with Crippen LogP contribution in [0.25, 0.3) is 22.2 Å². The minimum atomic E-state index is -0.175. The summed E-state index contributed by atoms with van der Waals surface area (Å²) >= 11 is 0. The Morgan fingerprint density at radius 2 is 1.78 bits per heavy atom. The molecule has 1 fully saturated rings. The third-order valence-corrected chi connectivity index (χ3v) is 6.44. The summed E-state index contributed by atoms with van der Waals surface area (Å²) in [6.45, 7) is 2.59. The van der Waals surface area contributed by atoms with E-state index in [1.54, 1.807) is 18.3 Å². The fourth-order valence-electron chi connectivity index (χ4n) is 4.69. The molecular formula is C25H27FN6. The van der Waals surface area contributed by atoms with Crippen LogP contribution in [-0.2, 0) is 13.6 Å². The minimum absolute atomic E-state index is 0.175. The number of halogens is 1. The average molecular weight is 431 g/mol. The second kappa shape index (κ2) is 8.67. The summed E-state index contributed by atoms with van der Waals surface area (Å²) in [5.74, 6) is 0.767. The van der Waals surface area contributed by atoms with Crippen LogP contribution in [0, 0.1) is 5.82 Å². The van der Waals surface area contributed by atoms with Crippen molar-refractivity contribution in [1.29, 1.82) is 0 Å². The second-order valence-electron chi connectivity index (χ2n) is 8.52. The molecular weight excluding hydrogens is 403 g/mol. The molecule has 0 radical (unpaired) electrons. The first kappa shape index (κ1) is 20.6. The van der Waals surface area contributed by atoms with Crippen LogP contribution in [0.2, 0.25) is 0 Å². The van der Waals surface area contributed by atoms with Crippen molar-refractivity contribution in [3.05, 3.63) is 72.2 Å². The van der Waals surface area contributed by atoms with Crippen molar-refractivity contribution in [2.45, 2.75) is 25.4 Å². The highest BCUT2D eigenvalue weighted by Crippen LogP contribution is 2.32. The minimum Gasteiger partial charge on any atom is -0.354 e. The van der Waals surface area contributed by atoms with Crippen molar-refractivity contribution in [2.24, 2.45) is 7.05 Å². The van der Waals surface area contributed by atoms with Gasteiger partial charge in [-0.15, -0.1) is 10.2 Å². The first-order valence-corrected chi connectivity index (χ1v) is 11.0. The van der Waals surface area contributed by atoms with Gasteiger partial charge in [0, 0.05) is 49.7 Å². The van der Waals surface area contributed by atoms with Gasteiger partial charge in [0.1, 0.15) is 11.5 Å². The first-order chi connectivity index (χ1) is 15.6. The van der Waals surface area contributed by atoms with E-state index in [-0.39, 0.29) is 5.82 Å². The molecule has 2 aromatic carbocycles. The average Bonchev–Trinajstić information content (AvgIpc) is 3.24. The number of anilines is 1. The van der Waals surface area contributed by atoms with Crippen LogP contribution in [-0.4, -0.2) is 51.1 Å². The van der Waals surface area contributed by atoms with Gasteiger partial charge in [-0.2, -0.15) is 5.10 Å². The molecule has 0 amide bonds. The molecule has 3 heterocycles. The third-order valence-electron chi connectivity index (χ3n) is 6.44. The lowest BCUT2D eigenvalue weighted by Gasteiger charge is -2.37. The SMILES string of the molecule is CN(Cc1cccc(F)c1)C1CCN(c2nnc(-c3ccnn3C)c3ccccc23)CC1. The van der Waals surface area contributed by atoms with Gasteiger partial charge >= 0.3 is 0 Å². The smallest absolute Gasteiger partial charge is 0.159 e. The predicted molar refractivity (Wildman–Crippen MR) is 125 cm³/mol. The van der Waals surface area contributed by atoms with Crippen molar-refractivity contribution in [2.75, 3.05) is 25.0 Å². The largest absolute Gasteiger partial charge is 0.354 e. The molecule has 6 nitrogen and oxygen atoms in total. The first-order valence-electron chi connectivity index (χ1n) is 11.0. The summed E-state index contributed by atoms with van der Waals surface area (Å²) in [6, 6.07) is 17.6. The molecule has 7 heteroatoms. The highest BCUT2D eigenvalue weighted by Gasteiger charge is 2.25. The topological polar surface area (TPSA) is 50.1 Å². The van der Waals surface area contributed by atoms with Gasteiger partial charge in [0.2, 0.25) is 0 Å². The van der Waals surface area contributed by atoms with Crippen LogP contribution in [0.15, 0.2) is 60.8 Å². The quantitative estimate of drug-likeness (QED) is 0.473. The number of hydrogen-bond donors (Lipinski definition) is 0. The molecule has 164 valence electrons. The van der Waals surface area contributed by atoms with Crippen LogP contribution >= 0.6 is 0 Å². The Kier molecular flexibility index (Phi) is 5.57. The van der Waals surface area contributed by atoms with Crippen LogP contribution in [0.1, 0.15) is 18.4 Å². The number of fused-ring (bicyclic) bond motifs is 1. The van der Waals surface area contributed by atoms with E-state index in [9.17, 15) is 4.39 Å². The van der Waals surface area contributed by atoms with Crippen molar-refractivity contribution >= 4 is 16.6 Å². The Balaban J connectivity index is 1.34. The number of aryl methyl sites for hydroxylation is 1. The second-order valence-corrected chi connectivity index (χ2v) is 8.52. The summed E-state index contributed by atoms with van der Waals surface area (Å²) in [5, 5.41) is 15.7. The summed E-state index contributed by atoms with van der Waals surface area (Å²) in [4.78, 5) is 4.68. The molecule has 0 N–H and O–H groups in total. The van der Waals surface area contributed by atoms with Gasteiger partial charge in [-0.25, -0.2) is 4.39 Å². The van der Waals surface area contributed by atoms with Crippen LogP contribution < -0.4 is 4.90 Å². The molecule has 0 unspecified atom stereocenters. The van der Waals surface area contributed by atoms with E-state index in [0.29, 0.717) is 6.04 Å². The van der Waals surface area contributed by atoms with Gasteiger partial charge in [0.15, 0.2) is 5.82 Å². The van der Waals surface area contributed by atoms with E-state index in [0.717, 1.165) is 66.0 Å². The highest BCUT2D eigenvalue weighted by molar-refractivity contribution is 5.99. The van der Waals surface area contributed by atoms with Crippen molar-refractivity contribution in [3.63, 3.8) is 0 Å². The summed E-state index contributed by atoms with van der Waals surface area (Å²) < 4.78 is 15.4. The van der Waals surface area contributed by atoms with Gasteiger partial charge < -0.3 is 4.90 Å². The Morgan fingerprint density at radius 3 is 2.50 bits per heavy atom. The van der Waals surface area contributed by atoms with Gasteiger partial charge in [-0.1, -0.05) is 36.4 Å². The molecule has 1 aliphatic heterocycles. The molecule has 0 saturated carbocycles. The molecule has 0 atom stereocenters. The maximum absolute atomic E-state index is 13.5. The number of aromatic nitrogens is 4. The molecule has 0 aliphatic carbocycles. The van der Waals surface area contributed by atoms with Gasteiger partial charge in [0.25, 0.3) is 0 Å². The number of benzene rings is 2. The lowest BCUT2D eigenvalue weighted by molar-refractivity contribution is 0.200. The van der Waals surface area contributed by atoms with Crippen molar-refractivity contribution in [1.82, 2.24) is 24.9 Å². The van der Waals surface area contributed by atoms with E-state index < -0.39 is 0 Å². The van der Waals surface area contributed by atoms with Gasteiger partial charge in [-0.3, -0.25) is 9.58 Å².